The molecule has 0 aliphatic heterocycles. The number of alkyl halides is 3. The molecule has 0 radical (unpaired) electrons. The molecule has 0 aliphatic carbocycles. The first-order chi connectivity index (χ1) is 9.20. The lowest BCUT2D eigenvalue weighted by molar-refractivity contribution is -0.141. The molecule has 20 heavy (non-hydrogen) atoms. The average molecular weight is 361 g/mol. The van der Waals surface area contributed by atoms with E-state index < -0.39 is 11.9 Å². The fourth-order valence-electron chi connectivity index (χ4n) is 1.53. The maximum atomic E-state index is 12.7. The van der Waals surface area contributed by atoms with Crippen molar-refractivity contribution in [3.63, 3.8) is 0 Å². The molecule has 0 unspecified atom stereocenters. The molecule has 8 heteroatoms. The number of hydrogen-bond donors (Lipinski definition) is 0. The zero-order chi connectivity index (χ0) is 15.1. The van der Waals surface area contributed by atoms with Gasteiger partial charge in [-0.25, -0.2) is 4.98 Å². The van der Waals surface area contributed by atoms with Crippen LogP contribution in [0.1, 0.15) is 5.69 Å². The van der Waals surface area contributed by atoms with E-state index >= 15 is 0 Å². The molecule has 106 valence electrons. The average Bonchev–Trinajstić information content (AvgIpc) is 2.33. The molecule has 0 amide bonds. The number of aromatic nitrogens is 1. The second kappa shape index (κ2) is 5.60. The quantitative estimate of drug-likeness (QED) is 0.537. The summed E-state index contributed by atoms with van der Waals surface area (Å²) in [5, 5.41) is 0.167. The molecule has 0 N–H and O–H groups in total. The first-order valence-electron chi connectivity index (χ1n) is 5.09. The van der Waals surface area contributed by atoms with Gasteiger partial charge >= 0.3 is 6.18 Å². The Morgan fingerprint density at radius 3 is 2.10 bits per heavy atom. The van der Waals surface area contributed by atoms with Gasteiger partial charge in [0.2, 0.25) is 0 Å². The highest BCUT2D eigenvalue weighted by atomic mass is 35.5. The molecule has 0 aliphatic rings. The first kappa shape index (κ1) is 15.7. The van der Waals surface area contributed by atoms with Crippen LogP contribution in [-0.4, -0.2) is 4.98 Å². The molecule has 0 spiro atoms. The molecule has 1 aromatic carbocycles. The first-order valence-corrected chi connectivity index (χ1v) is 6.60. The van der Waals surface area contributed by atoms with Crippen LogP contribution in [0.25, 0.3) is 11.3 Å². The summed E-state index contributed by atoms with van der Waals surface area (Å²) in [6.07, 6.45) is -4.63. The van der Waals surface area contributed by atoms with Gasteiger partial charge in [0.25, 0.3) is 0 Å². The van der Waals surface area contributed by atoms with Gasteiger partial charge in [-0.05, 0) is 24.3 Å². The van der Waals surface area contributed by atoms with Crippen molar-refractivity contribution in [3.05, 3.63) is 50.0 Å². The van der Waals surface area contributed by atoms with E-state index in [-0.39, 0.29) is 31.3 Å². The van der Waals surface area contributed by atoms with Gasteiger partial charge in [0.05, 0.1) is 20.8 Å². The largest absolute Gasteiger partial charge is 0.433 e. The molecule has 1 nitrogen and oxygen atoms in total. The van der Waals surface area contributed by atoms with Crippen LogP contribution in [0.2, 0.25) is 20.1 Å². The smallest absolute Gasteiger partial charge is 0.243 e. The van der Waals surface area contributed by atoms with Crippen molar-refractivity contribution in [1.29, 1.82) is 0 Å². The Hall–Kier alpha value is -0.680. The summed E-state index contributed by atoms with van der Waals surface area (Å²) >= 11 is 23.4. The van der Waals surface area contributed by atoms with Crippen molar-refractivity contribution >= 4 is 46.4 Å². The minimum absolute atomic E-state index is 0.0158. The topological polar surface area (TPSA) is 12.9 Å². The van der Waals surface area contributed by atoms with Crippen LogP contribution in [0, 0.1) is 0 Å². The Morgan fingerprint density at radius 2 is 1.50 bits per heavy atom. The van der Waals surface area contributed by atoms with Crippen LogP contribution >= 0.6 is 46.4 Å². The van der Waals surface area contributed by atoms with E-state index in [9.17, 15) is 13.2 Å². The Balaban J connectivity index is 2.71. The zero-order valence-corrected chi connectivity index (χ0v) is 12.4. The molecule has 0 atom stereocenters. The van der Waals surface area contributed by atoms with Gasteiger partial charge in [-0.15, -0.1) is 0 Å². The number of pyridine rings is 1. The van der Waals surface area contributed by atoms with Crippen LogP contribution < -0.4 is 0 Å². The van der Waals surface area contributed by atoms with Crippen molar-refractivity contribution in [2.45, 2.75) is 6.18 Å². The van der Waals surface area contributed by atoms with Crippen LogP contribution in [-0.2, 0) is 6.18 Å². The summed E-state index contributed by atoms with van der Waals surface area (Å²) in [6, 6.07) is 4.81. The summed E-state index contributed by atoms with van der Waals surface area (Å²) in [6.45, 7) is 0. The van der Waals surface area contributed by atoms with Crippen molar-refractivity contribution in [2.75, 3.05) is 0 Å². The van der Waals surface area contributed by atoms with Gasteiger partial charge in [0.1, 0.15) is 5.69 Å². The van der Waals surface area contributed by atoms with Crippen LogP contribution in [0.15, 0.2) is 24.3 Å². The van der Waals surface area contributed by atoms with Crippen molar-refractivity contribution in [1.82, 2.24) is 4.98 Å². The van der Waals surface area contributed by atoms with E-state index in [4.69, 9.17) is 46.4 Å². The second-order valence-corrected chi connectivity index (χ2v) is 5.40. The molecule has 0 bridgehead atoms. The summed E-state index contributed by atoms with van der Waals surface area (Å²) in [5.74, 6) is 0. The summed E-state index contributed by atoms with van der Waals surface area (Å²) in [5.41, 5.74) is -1.12. The molecule has 0 saturated heterocycles. The molecule has 2 aromatic rings. The lowest BCUT2D eigenvalue weighted by atomic mass is 10.1. The predicted molar refractivity (Wildman–Crippen MR) is 74.7 cm³/mol. The minimum Gasteiger partial charge on any atom is -0.243 e. The number of hydrogen-bond acceptors (Lipinski definition) is 1. The second-order valence-electron chi connectivity index (χ2n) is 3.77. The number of benzene rings is 1. The van der Waals surface area contributed by atoms with Crippen molar-refractivity contribution in [2.24, 2.45) is 0 Å². The molecule has 1 aromatic heterocycles. The SMILES string of the molecule is FC(F)(F)c1cc(Cl)cc(-c2c(Cl)ccc(Cl)c2Cl)n1. The van der Waals surface area contributed by atoms with Crippen LogP contribution in [0.3, 0.4) is 0 Å². The van der Waals surface area contributed by atoms with E-state index in [1.165, 1.54) is 18.2 Å². The number of rotatable bonds is 1. The van der Waals surface area contributed by atoms with E-state index in [1.54, 1.807) is 0 Å². The Labute approximate surface area is 132 Å². The number of nitrogens with zero attached hydrogens (tertiary/aromatic N) is 1. The van der Waals surface area contributed by atoms with Gasteiger partial charge < -0.3 is 0 Å². The van der Waals surface area contributed by atoms with Crippen LogP contribution in [0.4, 0.5) is 13.2 Å². The van der Waals surface area contributed by atoms with Gasteiger partial charge in [-0.1, -0.05) is 46.4 Å². The van der Waals surface area contributed by atoms with Crippen LogP contribution in [0.5, 0.6) is 0 Å². The Kier molecular flexibility index (Phi) is 4.40. The van der Waals surface area contributed by atoms with Crippen molar-refractivity contribution in [3.8, 4) is 11.3 Å². The molecule has 2 rings (SSSR count). The highest BCUT2D eigenvalue weighted by Crippen LogP contribution is 2.40. The monoisotopic (exact) mass is 359 g/mol. The Bertz CT molecular complexity index is 670. The summed E-state index contributed by atoms with van der Waals surface area (Å²) in [7, 11) is 0. The predicted octanol–water partition coefficient (Wildman–Crippen LogP) is 6.38. The third kappa shape index (κ3) is 3.14. The third-order valence-electron chi connectivity index (χ3n) is 2.38. The molecule has 0 fully saturated rings. The van der Waals surface area contributed by atoms with Gasteiger partial charge in [0, 0.05) is 10.6 Å². The van der Waals surface area contributed by atoms with E-state index in [0.717, 1.165) is 6.07 Å². The normalized spacial score (nSPS) is 11.8. The summed E-state index contributed by atoms with van der Waals surface area (Å²) < 4.78 is 38.2. The molecular formula is C12H4Cl4F3N. The lowest BCUT2D eigenvalue weighted by Crippen LogP contribution is -2.08. The fraction of sp³-hybridized carbons (Fsp3) is 0.0833. The standard InChI is InChI=1S/C12H4Cl4F3N/c13-5-3-8(20-9(4-5)12(17,18)19)10-6(14)1-2-7(15)11(10)16/h1-4H. The van der Waals surface area contributed by atoms with E-state index in [0.29, 0.717) is 0 Å². The summed E-state index contributed by atoms with van der Waals surface area (Å²) in [4.78, 5) is 3.50. The zero-order valence-electron chi connectivity index (χ0n) is 9.40. The molecule has 0 saturated carbocycles. The Morgan fingerprint density at radius 1 is 0.900 bits per heavy atom. The fourth-order valence-corrected chi connectivity index (χ4v) is 2.46. The lowest BCUT2D eigenvalue weighted by Gasteiger charge is -2.12. The molecule has 1 heterocycles. The minimum atomic E-state index is -4.63. The highest BCUT2D eigenvalue weighted by molar-refractivity contribution is 6.46. The third-order valence-corrected chi connectivity index (χ3v) is 3.72. The molecular weight excluding hydrogens is 357 g/mol. The number of halogens is 7. The van der Waals surface area contributed by atoms with Gasteiger partial charge in [-0.3, -0.25) is 0 Å². The van der Waals surface area contributed by atoms with Crippen molar-refractivity contribution < 1.29 is 13.2 Å². The highest BCUT2D eigenvalue weighted by Gasteiger charge is 2.33. The van der Waals surface area contributed by atoms with E-state index in [1.807, 2.05) is 0 Å². The van der Waals surface area contributed by atoms with E-state index in [2.05, 4.69) is 4.98 Å². The maximum absolute atomic E-state index is 12.7. The van der Waals surface area contributed by atoms with Gasteiger partial charge in [-0.2, -0.15) is 13.2 Å². The van der Waals surface area contributed by atoms with Gasteiger partial charge in [0.15, 0.2) is 0 Å². The maximum Gasteiger partial charge on any atom is 0.433 e.